The number of aromatic hydroxyl groups is 1. The zero-order valence-electron chi connectivity index (χ0n) is 14.3. The van der Waals surface area contributed by atoms with Crippen molar-refractivity contribution in [3.8, 4) is 17.6 Å². The van der Waals surface area contributed by atoms with Gasteiger partial charge in [0.2, 0.25) is 0 Å². The van der Waals surface area contributed by atoms with Crippen LogP contribution < -0.4 is 11.1 Å². The molecular weight excluding hydrogens is 328 g/mol. The van der Waals surface area contributed by atoms with Gasteiger partial charge in [-0.3, -0.25) is 0 Å². The molecular formula is C19H20N6O. The third-order valence-electron chi connectivity index (χ3n) is 5.20. The first-order chi connectivity index (χ1) is 12.7. The van der Waals surface area contributed by atoms with Crippen LogP contribution in [0, 0.1) is 11.5 Å². The highest BCUT2D eigenvalue weighted by Crippen LogP contribution is 2.38. The van der Waals surface area contributed by atoms with Crippen LogP contribution in [-0.2, 0) is 0 Å². The Labute approximate surface area is 151 Å². The lowest BCUT2D eigenvalue weighted by Gasteiger charge is -2.27. The summed E-state index contributed by atoms with van der Waals surface area (Å²) in [7, 11) is 0. The average molecular weight is 348 g/mol. The molecule has 0 saturated heterocycles. The highest BCUT2D eigenvalue weighted by molar-refractivity contribution is 5.90. The van der Waals surface area contributed by atoms with Crippen LogP contribution in [0.1, 0.15) is 37.2 Å². The molecule has 4 rings (SSSR count). The topological polar surface area (TPSA) is 113 Å². The number of phenols is 1. The molecule has 0 amide bonds. The van der Waals surface area contributed by atoms with E-state index < -0.39 is 0 Å². The smallest absolute Gasteiger partial charge is 0.176 e. The Morgan fingerprint density at radius 2 is 1.88 bits per heavy atom. The molecule has 0 aliphatic heterocycles. The van der Waals surface area contributed by atoms with Gasteiger partial charge < -0.3 is 20.7 Å². The van der Waals surface area contributed by atoms with Crippen LogP contribution in [0.2, 0.25) is 0 Å². The number of hydrogen-bond donors (Lipinski definition) is 3. The summed E-state index contributed by atoms with van der Waals surface area (Å²) in [6.45, 7) is 0. The van der Waals surface area contributed by atoms with Gasteiger partial charge in [0.25, 0.3) is 0 Å². The fraction of sp³-hybridized carbons (Fsp3) is 0.316. The highest BCUT2D eigenvalue weighted by atomic mass is 16.3. The second-order valence-corrected chi connectivity index (χ2v) is 6.73. The van der Waals surface area contributed by atoms with Gasteiger partial charge in [-0.2, -0.15) is 5.26 Å². The summed E-state index contributed by atoms with van der Waals surface area (Å²) in [5.74, 6) is 1.04. The van der Waals surface area contributed by atoms with Crippen LogP contribution in [0.25, 0.3) is 16.7 Å². The molecule has 1 aliphatic rings. The van der Waals surface area contributed by atoms with E-state index in [1.54, 1.807) is 12.1 Å². The number of phenolic OH excluding ortho intramolecular Hbond substituents is 1. The van der Waals surface area contributed by atoms with Crippen molar-refractivity contribution in [2.45, 2.75) is 37.6 Å². The molecule has 7 heteroatoms. The summed E-state index contributed by atoms with van der Waals surface area (Å²) in [6, 6.07) is 7.26. The first kappa shape index (κ1) is 16.2. The van der Waals surface area contributed by atoms with Crippen LogP contribution >= 0.6 is 0 Å². The van der Waals surface area contributed by atoms with Crippen LogP contribution in [-0.4, -0.2) is 25.7 Å². The number of rotatable bonds is 3. The van der Waals surface area contributed by atoms with Gasteiger partial charge in [0.05, 0.1) is 5.52 Å². The Bertz CT molecular complexity index is 964. The number of nitriles is 1. The van der Waals surface area contributed by atoms with E-state index in [0.717, 1.165) is 48.0 Å². The van der Waals surface area contributed by atoms with Gasteiger partial charge in [0, 0.05) is 17.9 Å². The van der Waals surface area contributed by atoms with E-state index in [1.165, 1.54) is 6.33 Å². The summed E-state index contributed by atoms with van der Waals surface area (Å²) in [5, 5.41) is 21.2. The molecule has 0 spiro atoms. The first-order valence-electron chi connectivity index (χ1n) is 8.73. The molecule has 7 nitrogen and oxygen atoms in total. The molecule has 0 bridgehead atoms. The second-order valence-electron chi connectivity index (χ2n) is 6.73. The third kappa shape index (κ3) is 2.80. The number of nitrogen functional groups attached to an aromatic ring is 1. The fourth-order valence-corrected chi connectivity index (χ4v) is 3.86. The van der Waals surface area contributed by atoms with E-state index in [-0.39, 0.29) is 11.8 Å². The maximum atomic E-state index is 9.56. The van der Waals surface area contributed by atoms with Crippen LogP contribution in [0.4, 0.5) is 5.82 Å². The summed E-state index contributed by atoms with van der Waals surface area (Å²) < 4.78 is 2.00. The maximum Gasteiger partial charge on any atom is 0.176 e. The summed E-state index contributed by atoms with van der Waals surface area (Å²) in [6.07, 6.45) is 9.56. The number of aromatic nitrogens is 3. The molecule has 1 saturated carbocycles. The number of benzene rings is 1. The molecule has 4 N–H and O–H groups in total. The van der Waals surface area contributed by atoms with Gasteiger partial charge in [-0.25, -0.2) is 9.97 Å². The molecule has 0 radical (unpaired) electrons. The van der Waals surface area contributed by atoms with Crippen LogP contribution in [0.15, 0.2) is 36.8 Å². The quantitative estimate of drug-likeness (QED) is 0.495. The molecule has 0 atom stereocenters. The molecule has 0 unspecified atom stereocenters. The average Bonchev–Trinajstić information content (AvgIpc) is 3.04. The number of anilines is 1. The Kier molecular flexibility index (Phi) is 4.09. The van der Waals surface area contributed by atoms with E-state index in [2.05, 4.69) is 21.5 Å². The van der Waals surface area contributed by atoms with Crippen molar-refractivity contribution < 1.29 is 5.11 Å². The minimum atomic E-state index is 0.220. The molecule has 1 aliphatic carbocycles. The Morgan fingerprint density at radius 1 is 1.15 bits per heavy atom. The number of nitrogens with two attached hydrogens (primary N) is 1. The van der Waals surface area contributed by atoms with Gasteiger partial charge in [0.15, 0.2) is 12.0 Å². The Hall–Kier alpha value is -3.27. The van der Waals surface area contributed by atoms with E-state index in [4.69, 9.17) is 11.0 Å². The third-order valence-corrected chi connectivity index (χ3v) is 5.20. The molecule has 3 aromatic rings. The van der Waals surface area contributed by atoms with Gasteiger partial charge in [0.1, 0.15) is 17.6 Å². The SMILES string of the molecule is N#CNC1CCC(c2cn(-c3ccc(O)cc3)c3c(N)ncnc23)CC1. The Morgan fingerprint density at radius 3 is 2.58 bits per heavy atom. The lowest BCUT2D eigenvalue weighted by molar-refractivity contribution is 0.370. The minimum Gasteiger partial charge on any atom is -0.508 e. The normalized spacial score (nSPS) is 20.0. The first-order valence-corrected chi connectivity index (χ1v) is 8.73. The zero-order valence-corrected chi connectivity index (χ0v) is 14.3. The van der Waals surface area contributed by atoms with Crippen molar-refractivity contribution in [1.29, 1.82) is 5.26 Å². The van der Waals surface area contributed by atoms with E-state index in [1.807, 2.05) is 22.9 Å². The van der Waals surface area contributed by atoms with Crippen LogP contribution in [0.5, 0.6) is 5.75 Å². The molecule has 2 aromatic heterocycles. The van der Waals surface area contributed by atoms with Crippen molar-refractivity contribution in [2.75, 3.05) is 5.73 Å². The monoisotopic (exact) mass is 348 g/mol. The molecule has 1 aromatic carbocycles. The van der Waals surface area contributed by atoms with Crippen molar-refractivity contribution in [3.63, 3.8) is 0 Å². The predicted molar refractivity (Wildman–Crippen MR) is 98.7 cm³/mol. The molecule has 2 heterocycles. The lowest BCUT2D eigenvalue weighted by atomic mass is 9.82. The predicted octanol–water partition coefficient (Wildman–Crippen LogP) is 2.81. The number of hydrogen-bond acceptors (Lipinski definition) is 6. The van der Waals surface area contributed by atoms with Gasteiger partial charge in [-0.1, -0.05) is 0 Å². The van der Waals surface area contributed by atoms with E-state index in [9.17, 15) is 5.11 Å². The van der Waals surface area contributed by atoms with Crippen molar-refractivity contribution in [1.82, 2.24) is 19.9 Å². The number of nitrogens with zero attached hydrogens (tertiary/aromatic N) is 4. The lowest BCUT2D eigenvalue weighted by Crippen LogP contribution is -2.29. The van der Waals surface area contributed by atoms with Crippen molar-refractivity contribution in [2.24, 2.45) is 0 Å². The fourth-order valence-electron chi connectivity index (χ4n) is 3.86. The number of fused-ring (bicyclic) bond motifs is 1. The summed E-state index contributed by atoms with van der Waals surface area (Å²) >= 11 is 0. The van der Waals surface area contributed by atoms with Gasteiger partial charge in [-0.15, -0.1) is 0 Å². The van der Waals surface area contributed by atoms with Crippen molar-refractivity contribution >= 4 is 16.9 Å². The van der Waals surface area contributed by atoms with E-state index in [0.29, 0.717) is 11.7 Å². The second kappa shape index (κ2) is 6.56. The zero-order chi connectivity index (χ0) is 18.1. The van der Waals surface area contributed by atoms with Gasteiger partial charge in [-0.05, 0) is 61.4 Å². The minimum absolute atomic E-state index is 0.220. The molecule has 1 fully saturated rings. The standard InChI is InChI=1S/C19H20N6O/c20-10-22-13-3-1-12(2-4-13)16-9-25(14-5-7-15(26)8-6-14)18-17(16)23-11-24-19(18)21/h5-9,11-13,22,26H,1-4H2,(H2,21,23,24). The molecule has 26 heavy (non-hydrogen) atoms. The van der Waals surface area contributed by atoms with E-state index >= 15 is 0 Å². The highest BCUT2D eigenvalue weighted by Gasteiger charge is 2.26. The molecule has 132 valence electrons. The van der Waals surface area contributed by atoms with Gasteiger partial charge >= 0.3 is 0 Å². The van der Waals surface area contributed by atoms with Crippen molar-refractivity contribution in [3.05, 3.63) is 42.4 Å². The summed E-state index contributed by atoms with van der Waals surface area (Å²) in [4.78, 5) is 8.66. The number of nitrogens with one attached hydrogen (secondary N) is 1. The van der Waals surface area contributed by atoms with Crippen LogP contribution in [0.3, 0.4) is 0 Å². The summed E-state index contributed by atoms with van der Waals surface area (Å²) in [5.41, 5.74) is 9.90. The Balaban J connectivity index is 1.76. The maximum absolute atomic E-state index is 9.56. The largest absolute Gasteiger partial charge is 0.508 e.